The summed E-state index contributed by atoms with van der Waals surface area (Å²) in [6, 6.07) is -0.603. The number of carbonyl (C=O) groups excluding carboxylic acids is 1. The standard InChI is InChI=1S/C7H12F2N2O2/c8-6(9)3-10-7(12)11-5-1-2-13-4-5/h5-6H,1-4H2,(H2,10,11,12). The van der Waals surface area contributed by atoms with Crippen LogP contribution in [0.3, 0.4) is 0 Å². The highest BCUT2D eigenvalue weighted by Gasteiger charge is 2.17. The van der Waals surface area contributed by atoms with Crippen molar-refractivity contribution < 1.29 is 18.3 Å². The molecule has 1 saturated heterocycles. The zero-order valence-electron chi connectivity index (χ0n) is 7.06. The molecule has 0 bridgehead atoms. The molecule has 76 valence electrons. The van der Waals surface area contributed by atoms with Crippen LogP contribution < -0.4 is 10.6 Å². The molecule has 1 fully saturated rings. The van der Waals surface area contributed by atoms with E-state index in [9.17, 15) is 13.6 Å². The van der Waals surface area contributed by atoms with Crippen molar-refractivity contribution in [3.8, 4) is 0 Å². The first-order chi connectivity index (χ1) is 6.18. The third-order valence-electron chi connectivity index (χ3n) is 1.68. The zero-order chi connectivity index (χ0) is 9.68. The molecule has 2 N–H and O–H groups in total. The zero-order valence-corrected chi connectivity index (χ0v) is 7.06. The molecule has 0 aromatic carbocycles. The van der Waals surface area contributed by atoms with Crippen molar-refractivity contribution in [2.75, 3.05) is 19.8 Å². The molecule has 1 aliphatic rings. The van der Waals surface area contributed by atoms with Gasteiger partial charge in [0.25, 0.3) is 6.43 Å². The van der Waals surface area contributed by atoms with Gasteiger partial charge in [0, 0.05) is 6.61 Å². The Morgan fingerprint density at radius 2 is 2.38 bits per heavy atom. The van der Waals surface area contributed by atoms with Gasteiger partial charge in [0.1, 0.15) is 0 Å². The Hall–Kier alpha value is -0.910. The lowest BCUT2D eigenvalue weighted by Gasteiger charge is -2.11. The Labute approximate surface area is 74.6 Å². The van der Waals surface area contributed by atoms with E-state index < -0.39 is 19.0 Å². The number of halogens is 2. The van der Waals surface area contributed by atoms with Gasteiger partial charge in [0.2, 0.25) is 0 Å². The van der Waals surface area contributed by atoms with Gasteiger partial charge in [-0.15, -0.1) is 0 Å². The molecule has 0 saturated carbocycles. The van der Waals surface area contributed by atoms with Gasteiger partial charge in [-0.1, -0.05) is 0 Å². The number of urea groups is 1. The summed E-state index contributed by atoms with van der Waals surface area (Å²) in [7, 11) is 0. The monoisotopic (exact) mass is 194 g/mol. The Bertz CT molecular complexity index is 172. The molecule has 0 aliphatic carbocycles. The second kappa shape index (κ2) is 4.96. The summed E-state index contributed by atoms with van der Waals surface area (Å²) in [5.74, 6) is 0. The number of hydrogen-bond donors (Lipinski definition) is 2. The maximum Gasteiger partial charge on any atom is 0.315 e. The van der Waals surface area contributed by atoms with E-state index in [-0.39, 0.29) is 6.04 Å². The summed E-state index contributed by atoms with van der Waals surface area (Å²) in [5, 5.41) is 4.58. The van der Waals surface area contributed by atoms with Gasteiger partial charge < -0.3 is 15.4 Å². The van der Waals surface area contributed by atoms with Crippen molar-refractivity contribution in [1.82, 2.24) is 10.6 Å². The Morgan fingerprint density at radius 3 is 2.92 bits per heavy atom. The quantitative estimate of drug-likeness (QED) is 0.680. The summed E-state index contributed by atoms with van der Waals surface area (Å²) in [5.41, 5.74) is 0. The molecule has 13 heavy (non-hydrogen) atoms. The second-order valence-corrected chi connectivity index (χ2v) is 2.81. The highest BCUT2D eigenvalue weighted by atomic mass is 19.3. The van der Waals surface area contributed by atoms with Gasteiger partial charge >= 0.3 is 6.03 Å². The van der Waals surface area contributed by atoms with Crippen molar-refractivity contribution in [2.45, 2.75) is 18.9 Å². The molecule has 0 aromatic heterocycles. The summed E-state index contributed by atoms with van der Waals surface area (Å²) in [6.07, 6.45) is -1.77. The van der Waals surface area contributed by atoms with E-state index in [4.69, 9.17) is 4.74 Å². The summed E-state index contributed by atoms with van der Waals surface area (Å²) in [6.45, 7) is 0.460. The van der Waals surface area contributed by atoms with E-state index >= 15 is 0 Å². The molecule has 0 radical (unpaired) electrons. The van der Waals surface area contributed by atoms with Crippen LogP contribution in [0.4, 0.5) is 13.6 Å². The van der Waals surface area contributed by atoms with Gasteiger partial charge in [-0.3, -0.25) is 0 Å². The number of amides is 2. The first-order valence-electron chi connectivity index (χ1n) is 4.08. The molecular weight excluding hydrogens is 182 g/mol. The minimum atomic E-state index is -2.51. The van der Waals surface area contributed by atoms with E-state index in [0.29, 0.717) is 13.2 Å². The fourth-order valence-electron chi connectivity index (χ4n) is 1.05. The summed E-state index contributed by atoms with van der Waals surface area (Å²) < 4.78 is 28.3. The molecule has 1 atom stereocenters. The van der Waals surface area contributed by atoms with E-state index in [1.165, 1.54) is 0 Å². The second-order valence-electron chi connectivity index (χ2n) is 2.81. The third-order valence-corrected chi connectivity index (χ3v) is 1.68. The van der Waals surface area contributed by atoms with E-state index in [2.05, 4.69) is 10.6 Å². The predicted octanol–water partition coefficient (Wildman–Crippen LogP) is 0.340. The highest BCUT2D eigenvalue weighted by molar-refractivity contribution is 5.74. The van der Waals surface area contributed by atoms with Crippen LogP contribution in [0.1, 0.15) is 6.42 Å². The molecule has 0 spiro atoms. The predicted molar refractivity (Wildman–Crippen MR) is 41.8 cm³/mol. The first-order valence-corrected chi connectivity index (χ1v) is 4.08. The van der Waals surface area contributed by atoms with Crippen molar-refractivity contribution in [3.63, 3.8) is 0 Å². The number of hydrogen-bond acceptors (Lipinski definition) is 2. The van der Waals surface area contributed by atoms with Crippen LogP contribution in [0, 0.1) is 0 Å². The number of rotatable bonds is 3. The largest absolute Gasteiger partial charge is 0.379 e. The first kappa shape index (κ1) is 10.2. The normalized spacial score (nSPS) is 21.9. The third kappa shape index (κ3) is 4.02. The number of nitrogens with one attached hydrogen (secondary N) is 2. The summed E-state index contributed by atoms with van der Waals surface area (Å²) >= 11 is 0. The Morgan fingerprint density at radius 1 is 1.62 bits per heavy atom. The van der Waals surface area contributed by atoms with Gasteiger partial charge in [-0.2, -0.15) is 0 Å². The topological polar surface area (TPSA) is 50.4 Å². The van der Waals surface area contributed by atoms with Crippen LogP contribution >= 0.6 is 0 Å². The molecule has 1 aliphatic heterocycles. The van der Waals surface area contributed by atoms with E-state index in [1.54, 1.807) is 0 Å². The summed E-state index contributed by atoms with van der Waals surface area (Å²) in [4.78, 5) is 10.9. The number of carbonyl (C=O) groups is 1. The minimum Gasteiger partial charge on any atom is -0.379 e. The molecule has 2 amide bonds. The lowest BCUT2D eigenvalue weighted by molar-refractivity contribution is 0.145. The van der Waals surface area contributed by atoms with Crippen LogP contribution in [0.15, 0.2) is 0 Å². The van der Waals surface area contributed by atoms with Crippen molar-refractivity contribution >= 4 is 6.03 Å². The van der Waals surface area contributed by atoms with Gasteiger partial charge in [-0.05, 0) is 6.42 Å². The van der Waals surface area contributed by atoms with Gasteiger partial charge in [0.15, 0.2) is 0 Å². The Balaban J connectivity index is 2.09. The number of alkyl halides is 2. The molecular formula is C7H12F2N2O2. The molecule has 1 heterocycles. The maximum atomic E-state index is 11.6. The van der Waals surface area contributed by atoms with Crippen LogP contribution in [0.25, 0.3) is 0 Å². The lowest BCUT2D eigenvalue weighted by atomic mass is 10.3. The maximum absolute atomic E-state index is 11.6. The molecule has 1 rings (SSSR count). The van der Waals surface area contributed by atoms with Gasteiger partial charge in [0.05, 0.1) is 19.2 Å². The van der Waals surface area contributed by atoms with Crippen molar-refractivity contribution in [1.29, 1.82) is 0 Å². The number of ether oxygens (including phenoxy) is 1. The lowest BCUT2D eigenvalue weighted by Crippen LogP contribution is -2.43. The SMILES string of the molecule is O=C(NCC(F)F)NC1CCOC1. The van der Waals surface area contributed by atoms with Crippen molar-refractivity contribution in [2.24, 2.45) is 0 Å². The molecule has 1 unspecified atom stereocenters. The minimum absolute atomic E-state index is 0.0438. The van der Waals surface area contributed by atoms with E-state index in [1.807, 2.05) is 0 Å². The van der Waals surface area contributed by atoms with Crippen LogP contribution in [-0.4, -0.2) is 38.3 Å². The van der Waals surface area contributed by atoms with Crippen LogP contribution in [0.5, 0.6) is 0 Å². The average molecular weight is 194 g/mol. The average Bonchev–Trinajstić information content (AvgIpc) is 2.53. The van der Waals surface area contributed by atoms with Crippen LogP contribution in [-0.2, 0) is 4.74 Å². The molecule has 6 heteroatoms. The Kier molecular flexibility index (Phi) is 3.88. The highest BCUT2D eigenvalue weighted by Crippen LogP contribution is 2.02. The molecule has 4 nitrogen and oxygen atoms in total. The van der Waals surface area contributed by atoms with E-state index in [0.717, 1.165) is 6.42 Å². The van der Waals surface area contributed by atoms with Crippen molar-refractivity contribution in [3.05, 3.63) is 0 Å². The fraction of sp³-hybridized carbons (Fsp3) is 0.857. The molecule has 0 aromatic rings. The van der Waals surface area contributed by atoms with Crippen LogP contribution in [0.2, 0.25) is 0 Å². The smallest absolute Gasteiger partial charge is 0.315 e. The fourth-order valence-corrected chi connectivity index (χ4v) is 1.05. The van der Waals surface area contributed by atoms with Gasteiger partial charge in [-0.25, -0.2) is 13.6 Å².